The van der Waals surface area contributed by atoms with Gasteiger partial charge in [0.2, 0.25) is 0 Å². The zero-order chi connectivity index (χ0) is 15.0. The zero-order valence-corrected chi connectivity index (χ0v) is 12.9. The average Bonchev–Trinajstić information content (AvgIpc) is 2.43. The van der Waals surface area contributed by atoms with Crippen LogP contribution >= 0.6 is 0 Å². The summed E-state index contributed by atoms with van der Waals surface area (Å²) in [6.45, 7) is 7.49. The van der Waals surface area contributed by atoms with Gasteiger partial charge in [0.25, 0.3) is 0 Å². The molecule has 1 aromatic rings. The summed E-state index contributed by atoms with van der Waals surface area (Å²) in [7, 11) is 0. The maximum atomic E-state index is 10.1. The first kappa shape index (κ1) is 16.6. The van der Waals surface area contributed by atoms with Gasteiger partial charge in [-0.25, -0.2) is 0 Å². The van der Waals surface area contributed by atoms with E-state index in [2.05, 4.69) is 26.1 Å². The summed E-state index contributed by atoms with van der Waals surface area (Å²) in [6.07, 6.45) is 2.60. The van der Waals surface area contributed by atoms with Crippen molar-refractivity contribution in [3.05, 3.63) is 18.2 Å². The molecule has 114 valence electrons. The van der Waals surface area contributed by atoms with E-state index in [-0.39, 0.29) is 6.10 Å². The Balaban J connectivity index is 2.60. The molecule has 0 aromatic heterocycles. The number of aliphatic hydroxyl groups is 1. The van der Waals surface area contributed by atoms with Crippen LogP contribution in [0, 0.1) is 5.92 Å². The van der Waals surface area contributed by atoms with Crippen LogP contribution < -0.4 is 15.8 Å². The summed E-state index contributed by atoms with van der Waals surface area (Å²) >= 11 is 0. The maximum Gasteiger partial charge on any atom is 0.123 e. The van der Waals surface area contributed by atoms with Crippen molar-refractivity contribution >= 4 is 11.4 Å². The van der Waals surface area contributed by atoms with Crippen molar-refractivity contribution in [3.63, 3.8) is 0 Å². The third kappa shape index (κ3) is 5.29. The number of nitrogens with two attached hydrogens (primary N) is 1. The van der Waals surface area contributed by atoms with Crippen molar-refractivity contribution in [2.75, 3.05) is 24.2 Å². The van der Waals surface area contributed by atoms with E-state index in [9.17, 15) is 5.11 Å². The molecule has 1 aromatic carbocycles. The molecule has 20 heavy (non-hydrogen) atoms. The van der Waals surface area contributed by atoms with E-state index < -0.39 is 0 Å². The van der Waals surface area contributed by atoms with E-state index in [1.165, 1.54) is 0 Å². The van der Waals surface area contributed by atoms with Crippen molar-refractivity contribution < 1.29 is 9.84 Å². The highest BCUT2D eigenvalue weighted by Crippen LogP contribution is 2.23. The lowest BCUT2D eigenvalue weighted by molar-refractivity contribution is 0.114. The summed E-state index contributed by atoms with van der Waals surface area (Å²) in [5.74, 6) is 1.10. The lowest BCUT2D eigenvalue weighted by Gasteiger charge is -2.21. The summed E-state index contributed by atoms with van der Waals surface area (Å²) in [6, 6.07) is 5.60. The average molecular weight is 280 g/mol. The first-order chi connectivity index (χ1) is 9.60. The van der Waals surface area contributed by atoms with Crippen LogP contribution in [0.3, 0.4) is 0 Å². The van der Waals surface area contributed by atoms with Crippen molar-refractivity contribution in [3.8, 4) is 5.75 Å². The SMILES string of the molecule is CCCOc1cc(N)cc(NCC(O)C(CC)CC)c1. The van der Waals surface area contributed by atoms with Crippen LogP contribution in [-0.2, 0) is 0 Å². The number of nitrogens with one attached hydrogen (secondary N) is 1. The molecule has 0 spiro atoms. The Bertz CT molecular complexity index is 392. The lowest BCUT2D eigenvalue weighted by atomic mass is 9.96. The van der Waals surface area contributed by atoms with Crippen LogP contribution in [0.4, 0.5) is 11.4 Å². The molecule has 4 heteroatoms. The van der Waals surface area contributed by atoms with Crippen LogP contribution in [0.25, 0.3) is 0 Å². The summed E-state index contributed by atoms with van der Waals surface area (Å²) < 4.78 is 5.59. The number of aliphatic hydroxyl groups excluding tert-OH is 1. The number of ether oxygens (including phenoxy) is 1. The van der Waals surface area contributed by atoms with E-state index in [0.717, 1.165) is 30.7 Å². The second-order valence-corrected chi connectivity index (χ2v) is 5.16. The molecule has 0 saturated carbocycles. The number of nitrogen functional groups attached to an aromatic ring is 1. The molecule has 0 heterocycles. The normalized spacial score (nSPS) is 12.4. The van der Waals surface area contributed by atoms with Crippen molar-refractivity contribution in [2.24, 2.45) is 5.92 Å². The second kappa shape index (κ2) is 8.69. The van der Waals surface area contributed by atoms with Gasteiger partial charge in [-0.05, 0) is 18.4 Å². The van der Waals surface area contributed by atoms with Gasteiger partial charge in [0.15, 0.2) is 0 Å². The van der Waals surface area contributed by atoms with E-state index in [4.69, 9.17) is 10.5 Å². The molecule has 0 aliphatic rings. The Morgan fingerprint density at radius 2 is 1.90 bits per heavy atom. The molecule has 0 fully saturated rings. The summed E-state index contributed by atoms with van der Waals surface area (Å²) in [5, 5.41) is 13.4. The molecule has 1 unspecified atom stereocenters. The van der Waals surface area contributed by atoms with E-state index in [1.807, 2.05) is 18.2 Å². The molecule has 4 nitrogen and oxygen atoms in total. The Kier molecular flexibility index (Phi) is 7.23. The fourth-order valence-corrected chi connectivity index (χ4v) is 2.25. The monoisotopic (exact) mass is 280 g/mol. The van der Waals surface area contributed by atoms with Crippen LogP contribution in [0.2, 0.25) is 0 Å². The smallest absolute Gasteiger partial charge is 0.123 e. The molecule has 0 saturated heterocycles. The molecule has 0 amide bonds. The van der Waals surface area contributed by atoms with Crippen LogP contribution in [0.15, 0.2) is 18.2 Å². The molecular weight excluding hydrogens is 252 g/mol. The predicted octanol–water partition coefficient (Wildman–Crippen LogP) is 3.27. The van der Waals surface area contributed by atoms with Gasteiger partial charge in [0.1, 0.15) is 5.75 Å². The van der Waals surface area contributed by atoms with Gasteiger partial charge in [-0.3, -0.25) is 0 Å². The fraction of sp³-hybridized carbons (Fsp3) is 0.625. The molecule has 0 bridgehead atoms. The lowest BCUT2D eigenvalue weighted by Crippen LogP contribution is -2.27. The van der Waals surface area contributed by atoms with Gasteiger partial charge in [0, 0.05) is 30.1 Å². The number of benzene rings is 1. The Labute approximate surface area is 122 Å². The van der Waals surface area contributed by atoms with Crippen LogP contribution in [-0.4, -0.2) is 24.4 Å². The second-order valence-electron chi connectivity index (χ2n) is 5.16. The van der Waals surface area contributed by atoms with E-state index in [0.29, 0.717) is 24.8 Å². The first-order valence-corrected chi connectivity index (χ1v) is 7.55. The molecule has 1 rings (SSSR count). The maximum absolute atomic E-state index is 10.1. The van der Waals surface area contributed by atoms with Crippen molar-refractivity contribution in [2.45, 2.75) is 46.1 Å². The van der Waals surface area contributed by atoms with Gasteiger partial charge >= 0.3 is 0 Å². The number of rotatable bonds is 9. The van der Waals surface area contributed by atoms with Gasteiger partial charge < -0.3 is 20.9 Å². The molecule has 4 N–H and O–H groups in total. The minimum Gasteiger partial charge on any atom is -0.493 e. The minimum atomic E-state index is -0.341. The standard InChI is InChI=1S/C16H28N2O2/c1-4-7-20-15-9-13(17)8-14(10-15)18-11-16(19)12(5-2)6-3/h8-10,12,16,18-19H,4-7,11,17H2,1-3H3. The highest BCUT2D eigenvalue weighted by molar-refractivity contribution is 5.59. The minimum absolute atomic E-state index is 0.333. The van der Waals surface area contributed by atoms with Crippen molar-refractivity contribution in [1.29, 1.82) is 0 Å². The van der Waals surface area contributed by atoms with Gasteiger partial charge in [0.05, 0.1) is 12.7 Å². The third-order valence-corrected chi connectivity index (χ3v) is 3.51. The summed E-state index contributed by atoms with van der Waals surface area (Å²) in [5.41, 5.74) is 7.42. The molecule has 1 atom stereocenters. The first-order valence-electron chi connectivity index (χ1n) is 7.55. The van der Waals surface area contributed by atoms with Crippen molar-refractivity contribution in [1.82, 2.24) is 0 Å². The van der Waals surface area contributed by atoms with Gasteiger partial charge in [-0.15, -0.1) is 0 Å². The number of hydrogen-bond donors (Lipinski definition) is 3. The Morgan fingerprint density at radius 3 is 2.50 bits per heavy atom. The van der Waals surface area contributed by atoms with Crippen LogP contribution in [0.5, 0.6) is 5.75 Å². The molecule has 0 aliphatic heterocycles. The quantitative estimate of drug-likeness (QED) is 0.607. The third-order valence-electron chi connectivity index (χ3n) is 3.51. The zero-order valence-electron chi connectivity index (χ0n) is 12.9. The number of anilines is 2. The van der Waals surface area contributed by atoms with Crippen LogP contribution in [0.1, 0.15) is 40.0 Å². The topological polar surface area (TPSA) is 67.5 Å². The van der Waals surface area contributed by atoms with Gasteiger partial charge in [-0.2, -0.15) is 0 Å². The highest BCUT2D eigenvalue weighted by Gasteiger charge is 2.15. The molecule has 0 aliphatic carbocycles. The number of hydrogen-bond acceptors (Lipinski definition) is 4. The largest absolute Gasteiger partial charge is 0.493 e. The fourth-order valence-electron chi connectivity index (χ4n) is 2.25. The molecule has 0 radical (unpaired) electrons. The van der Waals surface area contributed by atoms with E-state index in [1.54, 1.807) is 0 Å². The highest BCUT2D eigenvalue weighted by atomic mass is 16.5. The Hall–Kier alpha value is -1.42. The molecular formula is C16H28N2O2. The van der Waals surface area contributed by atoms with Gasteiger partial charge in [-0.1, -0.05) is 33.6 Å². The summed E-state index contributed by atoms with van der Waals surface area (Å²) in [4.78, 5) is 0. The predicted molar refractivity (Wildman–Crippen MR) is 85.2 cm³/mol. The Morgan fingerprint density at radius 1 is 1.20 bits per heavy atom. The van der Waals surface area contributed by atoms with E-state index >= 15 is 0 Å².